The lowest BCUT2D eigenvalue weighted by atomic mass is 9.97. The van der Waals surface area contributed by atoms with E-state index in [1.807, 2.05) is 20.8 Å². The van der Waals surface area contributed by atoms with E-state index < -0.39 is 0 Å². The van der Waals surface area contributed by atoms with E-state index in [2.05, 4.69) is 13.8 Å². The van der Waals surface area contributed by atoms with Crippen LogP contribution < -0.4 is 0 Å². The molecule has 0 aromatic heterocycles. The second kappa shape index (κ2) is 6.86. The number of carbonyl (C=O) groups is 1. The Bertz CT molecular complexity index is 179. The maximum Gasteiger partial charge on any atom is 0.311 e. The van der Waals surface area contributed by atoms with E-state index in [4.69, 9.17) is 4.74 Å². The Morgan fingerprint density at radius 3 is 2.27 bits per heavy atom. The highest BCUT2D eigenvalue weighted by Crippen LogP contribution is 2.18. The zero-order valence-electron chi connectivity index (χ0n) is 10.9. The largest absolute Gasteiger partial charge is 0.465 e. The summed E-state index contributed by atoms with van der Waals surface area (Å²) in [7, 11) is 0. The number of unbranched alkanes of at least 4 members (excludes halogenated alkanes) is 1. The van der Waals surface area contributed by atoms with Crippen molar-refractivity contribution in [3.05, 3.63) is 0 Å². The first-order valence-corrected chi connectivity index (χ1v) is 6.09. The molecule has 0 aromatic rings. The molecule has 0 aliphatic heterocycles. The zero-order chi connectivity index (χ0) is 11.9. The van der Waals surface area contributed by atoms with Crippen LogP contribution >= 0.6 is 0 Å². The first-order valence-electron chi connectivity index (χ1n) is 6.09. The molecule has 0 radical (unpaired) electrons. The molecule has 0 heterocycles. The van der Waals surface area contributed by atoms with E-state index >= 15 is 0 Å². The van der Waals surface area contributed by atoms with Gasteiger partial charge in [-0.2, -0.15) is 0 Å². The lowest BCUT2D eigenvalue weighted by molar-refractivity contribution is -0.154. The number of ether oxygens (including phenoxy) is 1. The third-order valence-corrected chi connectivity index (χ3v) is 2.61. The fraction of sp³-hybridized carbons (Fsp3) is 0.923. The molecule has 0 bridgehead atoms. The van der Waals surface area contributed by atoms with E-state index in [1.165, 1.54) is 19.3 Å². The molecule has 0 spiro atoms. The zero-order valence-corrected chi connectivity index (χ0v) is 10.9. The average molecular weight is 214 g/mol. The molecule has 0 aromatic carbocycles. The van der Waals surface area contributed by atoms with Gasteiger partial charge >= 0.3 is 5.97 Å². The Labute approximate surface area is 94.4 Å². The van der Waals surface area contributed by atoms with Gasteiger partial charge in [-0.1, -0.05) is 33.1 Å². The summed E-state index contributed by atoms with van der Waals surface area (Å²) >= 11 is 0. The van der Waals surface area contributed by atoms with Gasteiger partial charge in [-0.15, -0.1) is 0 Å². The van der Waals surface area contributed by atoms with Crippen LogP contribution in [0.5, 0.6) is 0 Å². The van der Waals surface area contributed by atoms with Gasteiger partial charge in [0.15, 0.2) is 0 Å². The molecule has 0 fully saturated rings. The Morgan fingerprint density at radius 1 is 1.27 bits per heavy atom. The molecule has 0 saturated carbocycles. The van der Waals surface area contributed by atoms with Gasteiger partial charge in [0.2, 0.25) is 0 Å². The highest BCUT2D eigenvalue weighted by molar-refractivity contribution is 5.75. The molecule has 0 rings (SSSR count). The second-order valence-corrected chi connectivity index (χ2v) is 5.26. The summed E-state index contributed by atoms with van der Waals surface area (Å²) < 4.78 is 5.32. The minimum absolute atomic E-state index is 0.0857. The minimum atomic E-state index is -0.372. The Kier molecular flexibility index (Phi) is 6.62. The van der Waals surface area contributed by atoms with Crippen LogP contribution in [0.1, 0.15) is 60.3 Å². The molecule has 0 aliphatic rings. The van der Waals surface area contributed by atoms with Crippen molar-refractivity contribution in [2.75, 3.05) is 6.61 Å². The number of hydrogen-bond donors (Lipinski definition) is 0. The smallest absolute Gasteiger partial charge is 0.311 e. The third-order valence-electron chi connectivity index (χ3n) is 2.61. The molecule has 2 heteroatoms. The summed E-state index contributed by atoms with van der Waals surface area (Å²) in [5.41, 5.74) is -0.372. The average Bonchev–Trinajstić information content (AvgIpc) is 2.16. The summed E-state index contributed by atoms with van der Waals surface area (Å²) in [6, 6.07) is 0. The lowest BCUT2D eigenvalue weighted by Crippen LogP contribution is -2.25. The van der Waals surface area contributed by atoms with Gasteiger partial charge in [-0.05, 0) is 33.1 Å². The van der Waals surface area contributed by atoms with E-state index in [1.54, 1.807) is 0 Å². The summed E-state index contributed by atoms with van der Waals surface area (Å²) in [5.74, 6) is 0.452. The SMILES string of the molecule is CCCCC(CC)COC(=O)C(C)(C)C. The summed E-state index contributed by atoms with van der Waals surface area (Å²) in [4.78, 5) is 11.5. The van der Waals surface area contributed by atoms with Crippen molar-refractivity contribution in [2.24, 2.45) is 11.3 Å². The molecule has 1 atom stereocenters. The molecule has 1 unspecified atom stereocenters. The normalized spacial score (nSPS) is 13.7. The quantitative estimate of drug-likeness (QED) is 0.629. The molecule has 0 N–H and O–H groups in total. The van der Waals surface area contributed by atoms with Gasteiger partial charge in [0.05, 0.1) is 12.0 Å². The first kappa shape index (κ1) is 14.5. The molecular formula is C13H26O2. The molecule has 0 amide bonds. The van der Waals surface area contributed by atoms with Gasteiger partial charge in [0, 0.05) is 0 Å². The molecule has 90 valence electrons. The van der Waals surface area contributed by atoms with E-state index in [0.717, 1.165) is 6.42 Å². The Morgan fingerprint density at radius 2 is 1.87 bits per heavy atom. The summed E-state index contributed by atoms with van der Waals surface area (Å²) in [6.45, 7) is 10.6. The van der Waals surface area contributed by atoms with Crippen molar-refractivity contribution in [1.29, 1.82) is 0 Å². The second-order valence-electron chi connectivity index (χ2n) is 5.26. The van der Waals surface area contributed by atoms with Crippen LogP contribution in [0.25, 0.3) is 0 Å². The van der Waals surface area contributed by atoms with E-state index in [0.29, 0.717) is 12.5 Å². The maximum absolute atomic E-state index is 11.5. The topological polar surface area (TPSA) is 26.3 Å². The monoisotopic (exact) mass is 214 g/mol. The van der Waals surface area contributed by atoms with Crippen molar-refractivity contribution in [2.45, 2.75) is 60.3 Å². The predicted molar refractivity (Wildman–Crippen MR) is 63.7 cm³/mol. The molecule has 0 aliphatic carbocycles. The first-order chi connectivity index (χ1) is 6.91. The highest BCUT2D eigenvalue weighted by atomic mass is 16.5. The van der Waals surface area contributed by atoms with Gasteiger partial charge in [0.1, 0.15) is 0 Å². The van der Waals surface area contributed by atoms with Crippen LogP contribution in [0, 0.1) is 11.3 Å². The Hall–Kier alpha value is -0.530. The van der Waals surface area contributed by atoms with Crippen LogP contribution in [0.15, 0.2) is 0 Å². The molecule has 0 saturated heterocycles. The van der Waals surface area contributed by atoms with E-state index in [9.17, 15) is 4.79 Å². The van der Waals surface area contributed by atoms with E-state index in [-0.39, 0.29) is 11.4 Å². The lowest BCUT2D eigenvalue weighted by Gasteiger charge is -2.20. The van der Waals surface area contributed by atoms with Crippen LogP contribution in [-0.2, 0) is 9.53 Å². The van der Waals surface area contributed by atoms with Crippen molar-refractivity contribution < 1.29 is 9.53 Å². The molecule has 15 heavy (non-hydrogen) atoms. The standard InChI is InChI=1S/C13H26O2/c1-6-8-9-11(7-2)10-15-12(14)13(3,4)5/h11H,6-10H2,1-5H3. The Balaban J connectivity index is 3.85. The third kappa shape index (κ3) is 6.53. The van der Waals surface area contributed by atoms with Gasteiger partial charge in [-0.3, -0.25) is 4.79 Å². The number of carbonyl (C=O) groups excluding carboxylic acids is 1. The van der Waals surface area contributed by atoms with Crippen LogP contribution in [0.3, 0.4) is 0 Å². The van der Waals surface area contributed by atoms with Crippen LogP contribution in [-0.4, -0.2) is 12.6 Å². The van der Waals surface area contributed by atoms with Crippen molar-refractivity contribution in [3.8, 4) is 0 Å². The molecular weight excluding hydrogens is 188 g/mol. The number of rotatable bonds is 6. The van der Waals surface area contributed by atoms with Crippen LogP contribution in [0.2, 0.25) is 0 Å². The van der Waals surface area contributed by atoms with Gasteiger partial charge < -0.3 is 4.74 Å². The summed E-state index contributed by atoms with van der Waals surface area (Å²) in [5, 5.41) is 0. The highest BCUT2D eigenvalue weighted by Gasteiger charge is 2.23. The van der Waals surface area contributed by atoms with Gasteiger partial charge in [-0.25, -0.2) is 0 Å². The molecule has 2 nitrogen and oxygen atoms in total. The maximum atomic E-state index is 11.5. The van der Waals surface area contributed by atoms with Crippen molar-refractivity contribution >= 4 is 5.97 Å². The fourth-order valence-electron chi connectivity index (χ4n) is 1.31. The number of hydrogen-bond acceptors (Lipinski definition) is 2. The van der Waals surface area contributed by atoms with Crippen molar-refractivity contribution in [1.82, 2.24) is 0 Å². The van der Waals surface area contributed by atoms with Crippen molar-refractivity contribution in [3.63, 3.8) is 0 Å². The minimum Gasteiger partial charge on any atom is -0.465 e. The number of esters is 1. The van der Waals surface area contributed by atoms with Crippen LogP contribution in [0.4, 0.5) is 0 Å². The summed E-state index contributed by atoms with van der Waals surface area (Å²) in [6.07, 6.45) is 4.71. The van der Waals surface area contributed by atoms with Gasteiger partial charge in [0.25, 0.3) is 0 Å². The predicted octanol–water partition coefficient (Wildman–Crippen LogP) is 3.79. The fourth-order valence-corrected chi connectivity index (χ4v) is 1.31.